The molecule has 7 heteroatoms. The lowest BCUT2D eigenvalue weighted by Gasteiger charge is -2.09. The number of carboxylic acids is 1. The number of phenols is 1. The minimum atomic E-state index is -1.38. The number of rotatable bonds is 4. The molecule has 3 aromatic rings. The Morgan fingerprint density at radius 2 is 1.96 bits per heavy atom. The fraction of sp³-hybridized carbons (Fsp3) is 0.0588. The number of carboxylic acid groups (broad SMARTS) is 1. The molecule has 0 saturated carbocycles. The second-order valence-electron chi connectivity index (χ2n) is 4.96. The van der Waals surface area contributed by atoms with Gasteiger partial charge in [-0.05, 0) is 23.8 Å². The summed E-state index contributed by atoms with van der Waals surface area (Å²) in [4.78, 5) is 23.1. The van der Waals surface area contributed by atoms with Gasteiger partial charge in [-0.15, -0.1) is 0 Å². The van der Waals surface area contributed by atoms with Gasteiger partial charge < -0.3 is 24.2 Å². The maximum atomic E-state index is 12.7. The number of phenolic OH excluding ortho intramolecular Hbond substituents is 1. The maximum absolute atomic E-state index is 12.7. The zero-order valence-electron chi connectivity index (χ0n) is 12.1. The van der Waals surface area contributed by atoms with Gasteiger partial charge in [-0.2, -0.15) is 0 Å². The summed E-state index contributed by atoms with van der Waals surface area (Å²) in [5.74, 6) is -1.15. The van der Waals surface area contributed by atoms with Gasteiger partial charge in [0.2, 0.25) is 5.43 Å². The van der Waals surface area contributed by atoms with Crippen molar-refractivity contribution < 1.29 is 24.2 Å². The van der Waals surface area contributed by atoms with Crippen LogP contribution in [0.25, 0.3) is 22.1 Å². The van der Waals surface area contributed by atoms with Crippen LogP contribution in [0.5, 0.6) is 11.5 Å². The highest BCUT2D eigenvalue weighted by Gasteiger charge is 2.14. The SMILES string of the molecule is O=C([O-])COc1cc(Cl)c2c(=O)c(-c3ccc(O)cc3)coc2c1. The first-order chi connectivity index (χ1) is 11.5. The van der Waals surface area contributed by atoms with E-state index in [1.807, 2.05) is 0 Å². The zero-order chi connectivity index (χ0) is 17.3. The third-order valence-corrected chi connectivity index (χ3v) is 3.64. The Bertz CT molecular complexity index is 975. The highest BCUT2D eigenvalue weighted by Crippen LogP contribution is 2.29. The van der Waals surface area contributed by atoms with Gasteiger partial charge in [0.15, 0.2) is 0 Å². The number of benzene rings is 2. The number of ether oxygens (including phenoxy) is 1. The molecule has 2 aromatic carbocycles. The van der Waals surface area contributed by atoms with E-state index >= 15 is 0 Å². The van der Waals surface area contributed by atoms with Crippen molar-refractivity contribution in [2.75, 3.05) is 6.61 Å². The Hall–Kier alpha value is -2.99. The van der Waals surface area contributed by atoms with Crippen LogP contribution in [-0.2, 0) is 4.79 Å². The molecule has 0 saturated heterocycles. The van der Waals surface area contributed by atoms with E-state index in [9.17, 15) is 19.8 Å². The second kappa shape index (κ2) is 6.25. The normalized spacial score (nSPS) is 10.7. The van der Waals surface area contributed by atoms with Crippen LogP contribution in [0.4, 0.5) is 0 Å². The molecule has 0 atom stereocenters. The lowest BCUT2D eigenvalue weighted by Crippen LogP contribution is -2.28. The van der Waals surface area contributed by atoms with Crippen molar-refractivity contribution in [3.05, 3.63) is 57.9 Å². The van der Waals surface area contributed by atoms with Crippen LogP contribution < -0.4 is 15.3 Å². The van der Waals surface area contributed by atoms with Gasteiger partial charge in [0.1, 0.15) is 30.0 Å². The lowest BCUT2D eigenvalue weighted by molar-refractivity contribution is -0.307. The van der Waals surface area contributed by atoms with Crippen LogP contribution in [0.3, 0.4) is 0 Å². The van der Waals surface area contributed by atoms with E-state index in [1.165, 1.54) is 30.5 Å². The third kappa shape index (κ3) is 3.04. The van der Waals surface area contributed by atoms with E-state index in [-0.39, 0.29) is 38.5 Å². The van der Waals surface area contributed by atoms with Crippen molar-refractivity contribution >= 4 is 28.5 Å². The van der Waals surface area contributed by atoms with Crippen molar-refractivity contribution in [2.24, 2.45) is 0 Å². The molecule has 0 radical (unpaired) electrons. The number of hydrogen-bond acceptors (Lipinski definition) is 6. The second-order valence-corrected chi connectivity index (χ2v) is 5.37. The van der Waals surface area contributed by atoms with Crippen LogP contribution in [0.1, 0.15) is 0 Å². The number of aliphatic carboxylic acids is 1. The van der Waals surface area contributed by atoms with Crippen molar-refractivity contribution in [1.29, 1.82) is 0 Å². The number of halogens is 1. The summed E-state index contributed by atoms with van der Waals surface area (Å²) in [6.07, 6.45) is 1.27. The Morgan fingerprint density at radius 1 is 1.25 bits per heavy atom. The summed E-state index contributed by atoms with van der Waals surface area (Å²) < 4.78 is 10.4. The zero-order valence-corrected chi connectivity index (χ0v) is 12.9. The molecule has 0 aliphatic carbocycles. The highest BCUT2D eigenvalue weighted by molar-refractivity contribution is 6.35. The number of aromatic hydroxyl groups is 1. The molecule has 122 valence electrons. The Balaban J connectivity index is 2.10. The van der Waals surface area contributed by atoms with Gasteiger partial charge in [-0.25, -0.2) is 0 Å². The molecule has 6 nitrogen and oxygen atoms in total. The van der Waals surface area contributed by atoms with E-state index in [2.05, 4.69) is 0 Å². The third-order valence-electron chi connectivity index (χ3n) is 3.34. The smallest absolute Gasteiger partial charge is 0.202 e. The molecule has 0 bridgehead atoms. The van der Waals surface area contributed by atoms with E-state index in [4.69, 9.17) is 20.8 Å². The van der Waals surface area contributed by atoms with Crippen LogP contribution in [-0.4, -0.2) is 17.7 Å². The Labute approximate surface area is 140 Å². The maximum Gasteiger partial charge on any atom is 0.202 e. The largest absolute Gasteiger partial charge is 0.546 e. The molecule has 0 fully saturated rings. The monoisotopic (exact) mass is 345 g/mol. The topological polar surface area (TPSA) is 99.8 Å². The van der Waals surface area contributed by atoms with Crippen molar-refractivity contribution in [3.63, 3.8) is 0 Å². The number of carbonyl (C=O) groups excluding carboxylic acids is 1. The predicted octanol–water partition coefficient (Wildman–Crippen LogP) is 1.95. The van der Waals surface area contributed by atoms with Gasteiger partial charge in [-0.1, -0.05) is 23.7 Å². The average Bonchev–Trinajstić information content (AvgIpc) is 2.54. The van der Waals surface area contributed by atoms with Crippen LogP contribution in [0.2, 0.25) is 5.02 Å². The molecule has 1 aromatic heterocycles. The van der Waals surface area contributed by atoms with Crippen LogP contribution >= 0.6 is 11.6 Å². The molecule has 0 unspecified atom stereocenters. The summed E-state index contributed by atoms with van der Waals surface area (Å²) in [5.41, 5.74) is 0.673. The molecular weight excluding hydrogens is 336 g/mol. The first-order valence-corrected chi connectivity index (χ1v) is 7.20. The molecule has 0 aliphatic rings. The number of carbonyl (C=O) groups is 1. The fourth-order valence-electron chi connectivity index (χ4n) is 2.25. The molecule has 0 aliphatic heterocycles. The molecule has 0 spiro atoms. The summed E-state index contributed by atoms with van der Waals surface area (Å²) in [6.45, 7) is -0.641. The predicted molar refractivity (Wildman–Crippen MR) is 85.1 cm³/mol. The molecule has 3 rings (SSSR count). The highest BCUT2D eigenvalue weighted by atomic mass is 35.5. The van der Waals surface area contributed by atoms with Crippen molar-refractivity contribution in [1.82, 2.24) is 0 Å². The minimum Gasteiger partial charge on any atom is -0.546 e. The number of fused-ring (bicyclic) bond motifs is 1. The van der Waals surface area contributed by atoms with Crippen LogP contribution in [0.15, 0.2) is 51.9 Å². The number of hydrogen-bond donors (Lipinski definition) is 1. The quantitative estimate of drug-likeness (QED) is 0.775. The van der Waals surface area contributed by atoms with E-state index in [0.717, 1.165) is 0 Å². The minimum absolute atomic E-state index is 0.0789. The molecule has 1 heterocycles. The van der Waals surface area contributed by atoms with Gasteiger partial charge in [-0.3, -0.25) is 4.79 Å². The summed E-state index contributed by atoms with van der Waals surface area (Å²) in [6, 6.07) is 8.79. The van der Waals surface area contributed by atoms with Gasteiger partial charge in [0, 0.05) is 6.07 Å². The van der Waals surface area contributed by atoms with Crippen molar-refractivity contribution in [2.45, 2.75) is 0 Å². The molecule has 24 heavy (non-hydrogen) atoms. The standard InChI is InChI=1S/C17H11ClO6/c18-13-5-11(23-8-15(20)21)6-14-16(13)17(22)12(7-24-14)9-1-3-10(19)4-2-9/h1-7,19H,8H2,(H,20,21)/p-1. The van der Waals surface area contributed by atoms with Gasteiger partial charge >= 0.3 is 0 Å². The molecular formula is C17H10ClO6-. The summed E-state index contributed by atoms with van der Waals surface area (Å²) in [5, 5.41) is 20.0. The Morgan fingerprint density at radius 3 is 2.62 bits per heavy atom. The first-order valence-electron chi connectivity index (χ1n) is 6.83. The Kier molecular flexibility index (Phi) is 4.14. The molecule has 1 N–H and O–H groups in total. The molecule has 0 amide bonds. The van der Waals surface area contributed by atoms with E-state index in [1.54, 1.807) is 12.1 Å². The summed E-state index contributed by atoms with van der Waals surface area (Å²) in [7, 11) is 0. The van der Waals surface area contributed by atoms with Gasteiger partial charge in [0.05, 0.1) is 21.9 Å². The van der Waals surface area contributed by atoms with Gasteiger partial charge in [0.25, 0.3) is 0 Å². The van der Waals surface area contributed by atoms with Crippen LogP contribution in [0, 0.1) is 0 Å². The fourth-order valence-corrected chi connectivity index (χ4v) is 2.53. The average molecular weight is 346 g/mol. The first kappa shape index (κ1) is 15.9. The lowest BCUT2D eigenvalue weighted by atomic mass is 10.1. The van der Waals surface area contributed by atoms with Crippen molar-refractivity contribution in [3.8, 4) is 22.6 Å². The van der Waals surface area contributed by atoms with E-state index < -0.39 is 12.6 Å². The summed E-state index contributed by atoms with van der Waals surface area (Å²) >= 11 is 6.12. The van der Waals surface area contributed by atoms with E-state index in [0.29, 0.717) is 5.56 Å².